The van der Waals surface area contributed by atoms with Crippen LogP contribution in [0.4, 0.5) is 13.2 Å². The summed E-state index contributed by atoms with van der Waals surface area (Å²) in [4.78, 5) is 1.39. The summed E-state index contributed by atoms with van der Waals surface area (Å²) < 4.78 is 38.3. The summed E-state index contributed by atoms with van der Waals surface area (Å²) in [7, 11) is 1.68. The van der Waals surface area contributed by atoms with Crippen molar-refractivity contribution in [1.82, 2.24) is 19.7 Å². The molecule has 2 N–H and O–H groups in total. The second-order valence-corrected chi connectivity index (χ2v) is 4.29. The van der Waals surface area contributed by atoms with E-state index in [2.05, 4.69) is 10.2 Å². The third kappa shape index (κ3) is 5.99. The molecule has 6 nitrogen and oxygen atoms in total. The summed E-state index contributed by atoms with van der Waals surface area (Å²) in [6.45, 7) is -0.697. The maximum absolute atomic E-state index is 12.2. The maximum atomic E-state index is 12.2. The van der Waals surface area contributed by atoms with Crippen LogP contribution < -0.4 is 0 Å². The van der Waals surface area contributed by atoms with Crippen LogP contribution in [0.1, 0.15) is 12.2 Å². The van der Waals surface area contributed by atoms with Crippen LogP contribution in [-0.2, 0) is 13.6 Å². The molecule has 0 spiro atoms. The number of hydrogen-bond donors (Lipinski definition) is 2. The van der Waals surface area contributed by atoms with Gasteiger partial charge in [-0.3, -0.25) is 4.90 Å². The van der Waals surface area contributed by atoms with Crippen LogP contribution >= 0.6 is 0 Å². The summed E-state index contributed by atoms with van der Waals surface area (Å²) in [5, 5.41) is 25.5. The van der Waals surface area contributed by atoms with Gasteiger partial charge in [0.1, 0.15) is 12.2 Å². The van der Waals surface area contributed by atoms with Crippen LogP contribution in [-0.4, -0.2) is 61.9 Å². The molecule has 0 amide bonds. The first-order chi connectivity index (χ1) is 8.81. The molecule has 0 aliphatic heterocycles. The number of rotatable bonds is 7. The van der Waals surface area contributed by atoms with E-state index < -0.39 is 25.3 Å². The number of nitrogens with zero attached hydrogens (tertiary/aromatic N) is 4. The Kier molecular flexibility index (Phi) is 5.70. The predicted octanol–water partition coefficient (Wildman–Crippen LogP) is -0.0773. The van der Waals surface area contributed by atoms with Gasteiger partial charge in [-0.05, 0) is 0 Å². The topological polar surface area (TPSA) is 74.4 Å². The number of halogens is 3. The van der Waals surface area contributed by atoms with Gasteiger partial charge in [-0.25, -0.2) is 0 Å². The van der Waals surface area contributed by atoms with Crippen LogP contribution in [0.5, 0.6) is 0 Å². The summed E-state index contributed by atoms with van der Waals surface area (Å²) in [6, 6.07) is 0. The Hall–Kier alpha value is -1.19. The second kappa shape index (κ2) is 6.83. The van der Waals surface area contributed by atoms with E-state index in [1.807, 2.05) is 0 Å². The number of aliphatic hydroxyl groups excluding tert-OH is 2. The number of aryl methyl sites for hydroxylation is 1. The first-order valence-electron chi connectivity index (χ1n) is 5.72. The third-order valence-corrected chi connectivity index (χ3v) is 2.56. The van der Waals surface area contributed by atoms with Gasteiger partial charge in [-0.2, -0.15) is 13.2 Å². The van der Waals surface area contributed by atoms with Crippen LogP contribution in [0, 0.1) is 0 Å². The van der Waals surface area contributed by atoms with Crippen LogP contribution in [0.3, 0.4) is 0 Å². The summed E-state index contributed by atoms with van der Waals surface area (Å²) in [6.07, 6.45) is -4.88. The zero-order chi connectivity index (χ0) is 14.5. The average Bonchev–Trinajstić information content (AvgIpc) is 2.71. The first kappa shape index (κ1) is 15.9. The Morgan fingerprint density at radius 1 is 1.47 bits per heavy atom. The van der Waals surface area contributed by atoms with Crippen molar-refractivity contribution in [2.45, 2.75) is 25.2 Å². The largest absolute Gasteiger partial charge is 0.394 e. The summed E-state index contributed by atoms with van der Waals surface area (Å²) in [5.41, 5.74) is 0. The van der Waals surface area contributed by atoms with Crippen molar-refractivity contribution in [2.75, 3.05) is 19.7 Å². The maximum Gasteiger partial charge on any atom is 0.390 e. The van der Waals surface area contributed by atoms with E-state index in [0.717, 1.165) is 0 Å². The zero-order valence-corrected chi connectivity index (χ0v) is 10.5. The van der Waals surface area contributed by atoms with Gasteiger partial charge >= 0.3 is 6.18 Å². The summed E-state index contributed by atoms with van der Waals surface area (Å²) >= 11 is 0. The quantitative estimate of drug-likeness (QED) is 0.732. The molecule has 0 aliphatic carbocycles. The fourth-order valence-corrected chi connectivity index (χ4v) is 1.53. The van der Waals surface area contributed by atoms with E-state index in [9.17, 15) is 18.3 Å². The highest BCUT2D eigenvalue weighted by Gasteiger charge is 2.28. The SMILES string of the molecule is Cn1cnnc1CN(CCC(F)(F)F)C[C@H](O)CO. The Labute approximate surface area is 108 Å². The molecule has 1 aromatic heterocycles. The van der Waals surface area contributed by atoms with Crippen LogP contribution in [0.2, 0.25) is 0 Å². The third-order valence-electron chi connectivity index (χ3n) is 2.56. The molecule has 0 saturated heterocycles. The van der Waals surface area contributed by atoms with Gasteiger partial charge in [0, 0.05) is 20.1 Å². The number of hydrogen-bond acceptors (Lipinski definition) is 5. The first-order valence-corrected chi connectivity index (χ1v) is 5.72. The molecule has 1 rings (SSSR count). The lowest BCUT2D eigenvalue weighted by Gasteiger charge is -2.24. The van der Waals surface area contributed by atoms with Crippen molar-refractivity contribution in [3.8, 4) is 0 Å². The van der Waals surface area contributed by atoms with E-state index in [-0.39, 0.29) is 19.6 Å². The highest BCUT2D eigenvalue weighted by molar-refractivity contribution is 4.85. The Morgan fingerprint density at radius 2 is 2.16 bits per heavy atom. The Balaban J connectivity index is 2.61. The minimum atomic E-state index is -4.26. The molecule has 0 radical (unpaired) electrons. The van der Waals surface area contributed by atoms with Crippen molar-refractivity contribution in [1.29, 1.82) is 0 Å². The minimum absolute atomic E-state index is 0.0561. The number of alkyl halides is 3. The molecule has 0 saturated carbocycles. The van der Waals surface area contributed by atoms with E-state index >= 15 is 0 Å². The highest BCUT2D eigenvalue weighted by Crippen LogP contribution is 2.20. The molecule has 110 valence electrons. The molecule has 0 fully saturated rings. The van der Waals surface area contributed by atoms with E-state index in [1.165, 1.54) is 11.2 Å². The van der Waals surface area contributed by atoms with Crippen LogP contribution in [0.25, 0.3) is 0 Å². The van der Waals surface area contributed by atoms with Crippen molar-refractivity contribution >= 4 is 0 Å². The molecule has 0 unspecified atom stereocenters. The van der Waals surface area contributed by atoms with Gasteiger partial charge in [0.25, 0.3) is 0 Å². The molecule has 0 bridgehead atoms. The average molecular weight is 282 g/mol. The molecular weight excluding hydrogens is 265 g/mol. The molecule has 1 atom stereocenters. The van der Waals surface area contributed by atoms with Gasteiger partial charge in [-0.1, -0.05) is 0 Å². The molecule has 0 aliphatic rings. The summed E-state index contributed by atoms with van der Waals surface area (Å²) in [5.74, 6) is 0.493. The van der Waals surface area contributed by atoms with Crippen LogP contribution in [0.15, 0.2) is 6.33 Å². The second-order valence-electron chi connectivity index (χ2n) is 4.29. The minimum Gasteiger partial charge on any atom is -0.394 e. The number of aromatic nitrogens is 3. The fourth-order valence-electron chi connectivity index (χ4n) is 1.53. The van der Waals surface area contributed by atoms with Gasteiger partial charge < -0.3 is 14.8 Å². The van der Waals surface area contributed by atoms with Gasteiger partial charge in [0.2, 0.25) is 0 Å². The molecule has 0 aromatic carbocycles. The van der Waals surface area contributed by atoms with Crippen molar-refractivity contribution in [2.24, 2.45) is 7.05 Å². The fraction of sp³-hybridized carbons (Fsp3) is 0.800. The lowest BCUT2D eigenvalue weighted by molar-refractivity contribution is -0.139. The smallest absolute Gasteiger partial charge is 0.390 e. The van der Waals surface area contributed by atoms with E-state index in [4.69, 9.17) is 5.11 Å². The molecular formula is C10H17F3N4O2. The van der Waals surface area contributed by atoms with Gasteiger partial charge in [-0.15, -0.1) is 10.2 Å². The Morgan fingerprint density at radius 3 is 2.63 bits per heavy atom. The standard InChI is InChI=1S/C10H17F3N4O2/c1-16-7-14-15-9(16)5-17(4-8(19)6-18)3-2-10(11,12)13/h7-8,18-19H,2-6H2,1H3/t8-/m0/s1. The van der Waals surface area contributed by atoms with Crippen molar-refractivity contribution < 1.29 is 23.4 Å². The van der Waals surface area contributed by atoms with E-state index in [0.29, 0.717) is 5.82 Å². The monoisotopic (exact) mass is 282 g/mol. The lowest BCUT2D eigenvalue weighted by Crippen LogP contribution is -2.36. The zero-order valence-electron chi connectivity index (χ0n) is 10.5. The van der Waals surface area contributed by atoms with E-state index in [1.54, 1.807) is 11.6 Å². The van der Waals surface area contributed by atoms with Crippen molar-refractivity contribution in [3.05, 3.63) is 12.2 Å². The molecule has 1 heterocycles. The number of aliphatic hydroxyl groups is 2. The highest BCUT2D eigenvalue weighted by atomic mass is 19.4. The molecule has 1 aromatic rings. The molecule has 9 heteroatoms. The Bertz CT molecular complexity index is 383. The van der Waals surface area contributed by atoms with Gasteiger partial charge in [0.15, 0.2) is 0 Å². The predicted molar refractivity (Wildman–Crippen MR) is 60.0 cm³/mol. The van der Waals surface area contributed by atoms with Crippen molar-refractivity contribution in [3.63, 3.8) is 0 Å². The lowest BCUT2D eigenvalue weighted by atomic mass is 10.3. The van der Waals surface area contributed by atoms with Gasteiger partial charge in [0.05, 0.1) is 25.7 Å². The molecule has 19 heavy (non-hydrogen) atoms. The normalized spacial score (nSPS) is 14.1.